The quantitative estimate of drug-likeness (QED) is 0.874. The standard InChI is InChI=1S/C14H20Cl2N2O/c1-8(2)6-13(17)14(19)18-9(3)10-4-5-11(15)12(16)7-10/h4-5,7-9,13H,6,17H2,1-3H3,(H,18,19)/t9?,13-/m0/s1. The Kier molecular flexibility index (Phi) is 6.11. The number of carbonyl (C=O) groups excluding carboxylic acids is 1. The van der Waals surface area contributed by atoms with Gasteiger partial charge in [-0.1, -0.05) is 43.1 Å². The van der Waals surface area contributed by atoms with Crippen LogP contribution in [0.5, 0.6) is 0 Å². The molecular weight excluding hydrogens is 283 g/mol. The Morgan fingerprint density at radius 2 is 1.89 bits per heavy atom. The molecule has 0 aliphatic rings. The number of rotatable bonds is 5. The van der Waals surface area contributed by atoms with Crippen LogP contribution in [0.4, 0.5) is 0 Å². The first-order valence-corrected chi connectivity index (χ1v) is 7.07. The van der Waals surface area contributed by atoms with E-state index in [1.165, 1.54) is 0 Å². The first-order chi connectivity index (χ1) is 8.81. The van der Waals surface area contributed by atoms with Crippen molar-refractivity contribution in [2.75, 3.05) is 0 Å². The number of halogens is 2. The highest BCUT2D eigenvalue weighted by Gasteiger charge is 2.18. The molecule has 0 bridgehead atoms. The molecule has 0 saturated carbocycles. The number of amides is 1. The Hall–Kier alpha value is -0.770. The third-order valence-corrected chi connectivity index (χ3v) is 3.60. The fourth-order valence-electron chi connectivity index (χ4n) is 1.80. The van der Waals surface area contributed by atoms with Gasteiger partial charge in [0, 0.05) is 0 Å². The van der Waals surface area contributed by atoms with Gasteiger partial charge in [0.15, 0.2) is 0 Å². The van der Waals surface area contributed by atoms with E-state index < -0.39 is 6.04 Å². The Balaban J connectivity index is 2.66. The summed E-state index contributed by atoms with van der Waals surface area (Å²) in [4.78, 5) is 11.9. The highest BCUT2D eigenvalue weighted by atomic mass is 35.5. The average Bonchev–Trinajstić information content (AvgIpc) is 2.31. The molecule has 106 valence electrons. The van der Waals surface area contributed by atoms with Gasteiger partial charge < -0.3 is 11.1 Å². The van der Waals surface area contributed by atoms with E-state index in [1.807, 2.05) is 26.8 Å². The van der Waals surface area contributed by atoms with Gasteiger partial charge in [-0.3, -0.25) is 4.79 Å². The molecule has 3 N–H and O–H groups in total. The number of benzene rings is 1. The van der Waals surface area contributed by atoms with Crippen molar-refractivity contribution in [3.8, 4) is 0 Å². The van der Waals surface area contributed by atoms with Gasteiger partial charge in [-0.15, -0.1) is 0 Å². The van der Waals surface area contributed by atoms with Crippen molar-refractivity contribution in [1.29, 1.82) is 0 Å². The van der Waals surface area contributed by atoms with Gasteiger partial charge in [0.25, 0.3) is 0 Å². The molecule has 0 saturated heterocycles. The monoisotopic (exact) mass is 302 g/mol. The summed E-state index contributed by atoms with van der Waals surface area (Å²) in [6.45, 7) is 5.96. The van der Waals surface area contributed by atoms with Crippen LogP contribution < -0.4 is 11.1 Å². The van der Waals surface area contributed by atoms with Gasteiger partial charge in [0.2, 0.25) is 5.91 Å². The minimum absolute atomic E-state index is 0.146. The van der Waals surface area contributed by atoms with Crippen LogP contribution in [0.3, 0.4) is 0 Å². The molecule has 1 aromatic carbocycles. The summed E-state index contributed by atoms with van der Waals surface area (Å²) in [7, 11) is 0. The lowest BCUT2D eigenvalue weighted by molar-refractivity contribution is -0.123. The Morgan fingerprint density at radius 3 is 2.42 bits per heavy atom. The van der Waals surface area contributed by atoms with Crippen LogP contribution in [-0.4, -0.2) is 11.9 Å². The molecule has 0 radical (unpaired) electrons. The summed E-state index contributed by atoms with van der Waals surface area (Å²) in [5, 5.41) is 3.86. The summed E-state index contributed by atoms with van der Waals surface area (Å²) in [6.07, 6.45) is 0.667. The second-order valence-electron chi connectivity index (χ2n) is 5.14. The van der Waals surface area contributed by atoms with E-state index >= 15 is 0 Å². The zero-order valence-electron chi connectivity index (χ0n) is 11.4. The van der Waals surface area contributed by atoms with Gasteiger partial charge in [-0.2, -0.15) is 0 Å². The van der Waals surface area contributed by atoms with E-state index in [9.17, 15) is 4.79 Å². The molecule has 0 aliphatic carbocycles. The van der Waals surface area contributed by atoms with Crippen molar-refractivity contribution >= 4 is 29.1 Å². The second-order valence-corrected chi connectivity index (χ2v) is 5.95. The van der Waals surface area contributed by atoms with Crippen molar-refractivity contribution in [3.63, 3.8) is 0 Å². The van der Waals surface area contributed by atoms with Gasteiger partial charge in [0.05, 0.1) is 22.1 Å². The van der Waals surface area contributed by atoms with Gasteiger partial charge in [-0.05, 0) is 37.0 Å². The molecule has 2 atom stereocenters. The molecule has 5 heteroatoms. The minimum atomic E-state index is -0.481. The second kappa shape index (κ2) is 7.13. The lowest BCUT2D eigenvalue weighted by Gasteiger charge is -2.19. The summed E-state index contributed by atoms with van der Waals surface area (Å²) >= 11 is 11.8. The maximum absolute atomic E-state index is 11.9. The lowest BCUT2D eigenvalue weighted by atomic mass is 10.0. The molecule has 0 heterocycles. The predicted molar refractivity (Wildman–Crippen MR) is 80.5 cm³/mol. The molecule has 1 rings (SSSR count). The van der Waals surface area contributed by atoms with Crippen molar-refractivity contribution in [2.45, 2.75) is 39.3 Å². The lowest BCUT2D eigenvalue weighted by Crippen LogP contribution is -2.42. The van der Waals surface area contributed by atoms with E-state index in [-0.39, 0.29) is 11.9 Å². The van der Waals surface area contributed by atoms with Crippen LogP contribution in [0.1, 0.15) is 38.8 Å². The van der Waals surface area contributed by atoms with Gasteiger partial charge in [-0.25, -0.2) is 0 Å². The zero-order valence-corrected chi connectivity index (χ0v) is 12.9. The molecule has 0 aliphatic heterocycles. The van der Waals surface area contributed by atoms with Gasteiger partial charge >= 0.3 is 0 Å². The van der Waals surface area contributed by atoms with E-state index in [4.69, 9.17) is 28.9 Å². The number of nitrogens with two attached hydrogens (primary N) is 1. The normalized spacial score (nSPS) is 14.3. The molecule has 19 heavy (non-hydrogen) atoms. The first-order valence-electron chi connectivity index (χ1n) is 6.32. The number of nitrogens with one attached hydrogen (secondary N) is 1. The van der Waals surface area contributed by atoms with Crippen molar-refractivity contribution in [3.05, 3.63) is 33.8 Å². The Morgan fingerprint density at radius 1 is 1.26 bits per heavy atom. The summed E-state index contributed by atoms with van der Waals surface area (Å²) in [5.74, 6) is 0.244. The fraction of sp³-hybridized carbons (Fsp3) is 0.500. The molecule has 1 amide bonds. The molecule has 3 nitrogen and oxygen atoms in total. The summed E-state index contributed by atoms with van der Waals surface area (Å²) in [5.41, 5.74) is 6.74. The highest BCUT2D eigenvalue weighted by Crippen LogP contribution is 2.25. The summed E-state index contributed by atoms with van der Waals surface area (Å²) in [6, 6.07) is 4.68. The third kappa shape index (κ3) is 5.01. The molecule has 1 unspecified atom stereocenters. The maximum Gasteiger partial charge on any atom is 0.237 e. The first kappa shape index (κ1) is 16.3. The van der Waals surface area contributed by atoms with Crippen LogP contribution in [0.25, 0.3) is 0 Å². The molecule has 0 spiro atoms. The predicted octanol–water partition coefficient (Wildman–Crippen LogP) is 3.54. The SMILES string of the molecule is CC(C)C[C@H](N)C(=O)NC(C)c1ccc(Cl)c(Cl)c1. The average molecular weight is 303 g/mol. The largest absolute Gasteiger partial charge is 0.348 e. The highest BCUT2D eigenvalue weighted by molar-refractivity contribution is 6.42. The number of hydrogen-bond acceptors (Lipinski definition) is 2. The van der Waals surface area contributed by atoms with Crippen LogP contribution in [0.15, 0.2) is 18.2 Å². The number of hydrogen-bond donors (Lipinski definition) is 2. The fourth-order valence-corrected chi connectivity index (χ4v) is 2.11. The van der Waals surface area contributed by atoms with Crippen molar-refractivity contribution < 1.29 is 4.79 Å². The molecule has 1 aromatic rings. The Bertz CT molecular complexity index is 449. The maximum atomic E-state index is 11.9. The minimum Gasteiger partial charge on any atom is -0.348 e. The molecule has 0 fully saturated rings. The van der Waals surface area contributed by atoms with Crippen molar-refractivity contribution in [2.24, 2.45) is 11.7 Å². The van der Waals surface area contributed by atoms with E-state index in [0.29, 0.717) is 22.4 Å². The van der Waals surface area contributed by atoms with Crippen LogP contribution in [-0.2, 0) is 4.79 Å². The molecular formula is C14H20Cl2N2O. The molecule has 0 aromatic heterocycles. The smallest absolute Gasteiger partial charge is 0.237 e. The third-order valence-electron chi connectivity index (χ3n) is 2.86. The van der Waals surface area contributed by atoms with Crippen LogP contribution in [0.2, 0.25) is 10.0 Å². The van der Waals surface area contributed by atoms with Gasteiger partial charge in [0.1, 0.15) is 0 Å². The van der Waals surface area contributed by atoms with Crippen molar-refractivity contribution in [1.82, 2.24) is 5.32 Å². The zero-order chi connectivity index (χ0) is 14.6. The number of carbonyl (C=O) groups is 1. The topological polar surface area (TPSA) is 55.1 Å². The van der Waals surface area contributed by atoms with E-state index in [1.54, 1.807) is 12.1 Å². The van der Waals surface area contributed by atoms with Crippen LogP contribution in [0, 0.1) is 5.92 Å². The van der Waals surface area contributed by atoms with E-state index in [2.05, 4.69) is 5.32 Å². The Labute approximate surface area is 124 Å². The summed E-state index contributed by atoms with van der Waals surface area (Å²) < 4.78 is 0. The van der Waals surface area contributed by atoms with E-state index in [0.717, 1.165) is 5.56 Å². The van der Waals surface area contributed by atoms with Crippen LogP contribution >= 0.6 is 23.2 Å².